The third-order valence-electron chi connectivity index (χ3n) is 4.86. The van der Waals surface area contributed by atoms with E-state index < -0.39 is 17.8 Å². The van der Waals surface area contributed by atoms with Gasteiger partial charge >= 0.3 is 5.97 Å². The van der Waals surface area contributed by atoms with Crippen molar-refractivity contribution in [1.82, 2.24) is 15.1 Å². The van der Waals surface area contributed by atoms with Gasteiger partial charge in [-0.25, -0.2) is 9.07 Å². The van der Waals surface area contributed by atoms with Gasteiger partial charge in [-0.3, -0.25) is 9.59 Å². The number of carboxylic acid groups (broad SMARTS) is 1. The average molecular weight is 375 g/mol. The Bertz CT molecular complexity index is 830. The van der Waals surface area contributed by atoms with Crippen LogP contribution < -0.4 is 5.32 Å². The molecule has 1 unspecified atom stereocenters. The van der Waals surface area contributed by atoms with Crippen molar-refractivity contribution in [3.8, 4) is 5.69 Å². The van der Waals surface area contributed by atoms with Crippen LogP contribution in [0.3, 0.4) is 0 Å². The standard InChI is InChI=1S/C19H22FN3O4/c1-12-10-14(20)2-3-17(12)23-7-4-16(22-23)18(24)21-11-15(19(25)26)13-5-8-27-9-6-13/h2-4,7,10,13,15H,5-6,8-9,11H2,1H3,(H,21,24)(H,25,26). The summed E-state index contributed by atoms with van der Waals surface area (Å²) in [7, 11) is 0. The highest BCUT2D eigenvalue weighted by molar-refractivity contribution is 5.92. The van der Waals surface area contributed by atoms with Crippen LogP contribution in [0.4, 0.5) is 4.39 Å². The monoisotopic (exact) mass is 375 g/mol. The summed E-state index contributed by atoms with van der Waals surface area (Å²) in [4.78, 5) is 23.9. The van der Waals surface area contributed by atoms with Crippen molar-refractivity contribution >= 4 is 11.9 Å². The van der Waals surface area contributed by atoms with Crippen LogP contribution >= 0.6 is 0 Å². The van der Waals surface area contributed by atoms with Gasteiger partial charge in [0.15, 0.2) is 5.69 Å². The predicted octanol–water partition coefficient (Wildman–Crippen LogP) is 2.18. The smallest absolute Gasteiger partial charge is 0.308 e. The van der Waals surface area contributed by atoms with Gasteiger partial charge in [-0.1, -0.05) is 0 Å². The normalized spacial score (nSPS) is 16.1. The van der Waals surface area contributed by atoms with E-state index in [1.807, 2.05) is 0 Å². The van der Waals surface area contributed by atoms with Crippen LogP contribution in [-0.4, -0.2) is 46.5 Å². The van der Waals surface area contributed by atoms with Crippen molar-refractivity contribution in [3.05, 3.63) is 47.5 Å². The lowest BCUT2D eigenvalue weighted by Gasteiger charge is -2.27. The summed E-state index contributed by atoms with van der Waals surface area (Å²) < 4.78 is 20.0. The fraction of sp³-hybridized carbons (Fsp3) is 0.421. The summed E-state index contributed by atoms with van der Waals surface area (Å²) in [6.07, 6.45) is 2.96. The quantitative estimate of drug-likeness (QED) is 0.807. The van der Waals surface area contributed by atoms with E-state index in [9.17, 15) is 19.1 Å². The summed E-state index contributed by atoms with van der Waals surface area (Å²) in [6, 6.07) is 5.85. The number of carboxylic acids is 1. The van der Waals surface area contributed by atoms with E-state index in [0.29, 0.717) is 37.3 Å². The third-order valence-corrected chi connectivity index (χ3v) is 4.86. The molecule has 0 spiro atoms. The van der Waals surface area contributed by atoms with Crippen LogP contribution in [0, 0.1) is 24.6 Å². The van der Waals surface area contributed by atoms with Gasteiger partial charge in [0, 0.05) is 26.0 Å². The molecular weight excluding hydrogens is 353 g/mol. The zero-order valence-electron chi connectivity index (χ0n) is 15.0. The highest BCUT2D eigenvalue weighted by atomic mass is 19.1. The number of rotatable bonds is 6. The number of benzene rings is 1. The van der Waals surface area contributed by atoms with Crippen molar-refractivity contribution in [3.63, 3.8) is 0 Å². The van der Waals surface area contributed by atoms with Crippen molar-refractivity contribution < 1.29 is 23.8 Å². The largest absolute Gasteiger partial charge is 0.481 e. The Labute approximate surface area is 156 Å². The summed E-state index contributed by atoms with van der Waals surface area (Å²) in [5.74, 6) is -2.37. The Kier molecular flexibility index (Phi) is 5.85. The summed E-state index contributed by atoms with van der Waals surface area (Å²) in [5.41, 5.74) is 1.53. The molecule has 1 aromatic heterocycles. The van der Waals surface area contributed by atoms with E-state index in [1.54, 1.807) is 25.3 Å². The molecule has 2 aromatic rings. The molecule has 1 fully saturated rings. The minimum absolute atomic E-state index is 0.0176. The lowest BCUT2D eigenvalue weighted by Crippen LogP contribution is -2.39. The average Bonchev–Trinajstić information content (AvgIpc) is 3.12. The number of amides is 1. The number of aryl methyl sites for hydroxylation is 1. The van der Waals surface area contributed by atoms with Crippen molar-refractivity contribution in [2.75, 3.05) is 19.8 Å². The SMILES string of the molecule is Cc1cc(F)ccc1-n1ccc(C(=O)NCC(C(=O)O)C2CCOCC2)n1. The number of aliphatic carboxylic acids is 1. The van der Waals surface area contributed by atoms with E-state index in [4.69, 9.17) is 4.74 Å². The molecule has 1 aliphatic rings. The number of hydrogen-bond donors (Lipinski definition) is 2. The lowest BCUT2D eigenvalue weighted by molar-refractivity contribution is -0.144. The zero-order chi connectivity index (χ0) is 19.4. The topological polar surface area (TPSA) is 93.5 Å². The first kappa shape index (κ1) is 19.0. The van der Waals surface area contributed by atoms with Crippen LogP contribution in [-0.2, 0) is 9.53 Å². The second kappa shape index (κ2) is 8.30. The minimum atomic E-state index is -0.922. The number of hydrogen-bond acceptors (Lipinski definition) is 4. The molecule has 2 heterocycles. The number of nitrogens with zero attached hydrogens (tertiary/aromatic N) is 2. The first-order valence-corrected chi connectivity index (χ1v) is 8.86. The molecule has 0 radical (unpaired) electrons. The molecular formula is C19H22FN3O4. The summed E-state index contributed by atoms with van der Waals surface area (Å²) in [6.45, 7) is 2.89. The number of aromatic nitrogens is 2. The van der Waals surface area contributed by atoms with E-state index >= 15 is 0 Å². The molecule has 2 N–H and O–H groups in total. The lowest BCUT2D eigenvalue weighted by atomic mass is 9.86. The van der Waals surface area contributed by atoms with Gasteiger partial charge < -0.3 is 15.2 Å². The molecule has 8 heteroatoms. The van der Waals surface area contributed by atoms with Crippen molar-refractivity contribution in [1.29, 1.82) is 0 Å². The van der Waals surface area contributed by atoms with E-state index in [-0.39, 0.29) is 24.0 Å². The third kappa shape index (κ3) is 4.51. The number of ether oxygens (including phenoxy) is 1. The maximum absolute atomic E-state index is 13.2. The minimum Gasteiger partial charge on any atom is -0.481 e. The van der Waals surface area contributed by atoms with Gasteiger partial charge in [0.25, 0.3) is 5.91 Å². The van der Waals surface area contributed by atoms with Crippen LogP contribution in [0.25, 0.3) is 5.69 Å². The van der Waals surface area contributed by atoms with Gasteiger partial charge in [0.05, 0.1) is 11.6 Å². The van der Waals surface area contributed by atoms with Gasteiger partial charge in [-0.15, -0.1) is 0 Å². The molecule has 7 nitrogen and oxygen atoms in total. The first-order valence-electron chi connectivity index (χ1n) is 8.86. The summed E-state index contributed by atoms with van der Waals surface area (Å²) in [5, 5.41) is 16.4. The Balaban J connectivity index is 1.65. The number of halogens is 1. The van der Waals surface area contributed by atoms with Crippen LogP contribution in [0.2, 0.25) is 0 Å². The maximum Gasteiger partial charge on any atom is 0.308 e. The van der Waals surface area contributed by atoms with Gasteiger partial charge in [0.1, 0.15) is 5.82 Å². The summed E-state index contributed by atoms with van der Waals surface area (Å²) >= 11 is 0. The zero-order valence-corrected chi connectivity index (χ0v) is 15.0. The first-order chi connectivity index (χ1) is 13.0. The van der Waals surface area contributed by atoms with Crippen LogP contribution in [0.5, 0.6) is 0 Å². The molecule has 144 valence electrons. The molecule has 1 aromatic carbocycles. The number of carbonyl (C=O) groups is 2. The Hall–Kier alpha value is -2.74. The molecule has 1 saturated heterocycles. The molecule has 1 atom stereocenters. The van der Waals surface area contributed by atoms with E-state index in [0.717, 1.165) is 0 Å². The van der Waals surface area contributed by atoms with Crippen molar-refractivity contribution in [2.24, 2.45) is 11.8 Å². The Morgan fingerprint density at radius 2 is 2.11 bits per heavy atom. The highest BCUT2D eigenvalue weighted by Gasteiger charge is 2.30. The maximum atomic E-state index is 13.2. The molecule has 1 amide bonds. The van der Waals surface area contributed by atoms with E-state index in [2.05, 4.69) is 10.4 Å². The van der Waals surface area contributed by atoms with Gasteiger partial charge in [-0.05, 0) is 55.5 Å². The molecule has 3 rings (SSSR count). The molecule has 27 heavy (non-hydrogen) atoms. The van der Waals surface area contributed by atoms with E-state index in [1.165, 1.54) is 16.8 Å². The molecule has 1 aliphatic heterocycles. The van der Waals surface area contributed by atoms with Gasteiger partial charge in [-0.2, -0.15) is 5.10 Å². The Morgan fingerprint density at radius 1 is 1.37 bits per heavy atom. The predicted molar refractivity (Wildman–Crippen MR) is 95.3 cm³/mol. The van der Waals surface area contributed by atoms with Crippen LogP contribution in [0.1, 0.15) is 28.9 Å². The number of nitrogens with one attached hydrogen (secondary N) is 1. The highest BCUT2D eigenvalue weighted by Crippen LogP contribution is 2.24. The molecule has 0 aliphatic carbocycles. The number of carbonyl (C=O) groups excluding carboxylic acids is 1. The fourth-order valence-electron chi connectivity index (χ4n) is 3.32. The molecule has 0 saturated carbocycles. The van der Waals surface area contributed by atoms with Gasteiger partial charge in [0.2, 0.25) is 0 Å². The van der Waals surface area contributed by atoms with Crippen LogP contribution in [0.15, 0.2) is 30.5 Å². The molecule has 0 bridgehead atoms. The Morgan fingerprint density at radius 3 is 2.78 bits per heavy atom. The fourth-order valence-corrected chi connectivity index (χ4v) is 3.32. The second-order valence-corrected chi connectivity index (χ2v) is 6.68. The van der Waals surface area contributed by atoms with Crippen molar-refractivity contribution in [2.45, 2.75) is 19.8 Å². The second-order valence-electron chi connectivity index (χ2n) is 6.68.